The van der Waals surface area contributed by atoms with Gasteiger partial charge in [-0.25, -0.2) is 0 Å². The van der Waals surface area contributed by atoms with Gasteiger partial charge in [0.15, 0.2) is 23.9 Å². The second-order valence-electron chi connectivity index (χ2n) is 8.03. The van der Waals surface area contributed by atoms with Gasteiger partial charge in [0.1, 0.15) is 5.58 Å². The van der Waals surface area contributed by atoms with Gasteiger partial charge in [-0.1, -0.05) is 29.3 Å². The van der Waals surface area contributed by atoms with E-state index in [0.717, 1.165) is 11.1 Å². The first-order valence-electron chi connectivity index (χ1n) is 10.9. The molecule has 36 heavy (non-hydrogen) atoms. The number of carbonyl (C=O) groups excluding carboxylic acids is 1. The van der Waals surface area contributed by atoms with Crippen molar-refractivity contribution >= 4 is 45.8 Å². The lowest BCUT2D eigenvalue weighted by atomic mass is 10.0. The molecule has 1 aromatic heterocycles. The van der Waals surface area contributed by atoms with E-state index in [0.29, 0.717) is 38.7 Å². The van der Waals surface area contributed by atoms with E-state index in [9.17, 15) is 9.59 Å². The predicted octanol–water partition coefficient (Wildman–Crippen LogP) is 6.42. The smallest absolute Gasteiger partial charge is 0.262 e. The topological polar surface area (TPSA) is 87.0 Å². The van der Waals surface area contributed by atoms with Crippen molar-refractivity contribution in [2.24, 2.45) is 0 Å². The molecule has 0 fully saturated rings. The summed E-state index contributed by atoms with van der Waals surface area (Å²) in [6.07, 6.45) is 0. The van der Waals surface area contributed by atoms with Crippen molar-refractivity contribution in [1.82, 2.24) is 0 Å². The molecule has 9 heteroatoms. The number of rotatable bonds is 7. The third-order valence-corrected chi connectivity index (χ3v) is 6.50. The van der Waals surface area contributed by atoms with Crippen LogP contribution in [-0.2, 0) is 4.79 Å². The summed E-state index contributed by atoms with van der Waals surface area (Å²) in [6.45, 7) is 3.37. The van der Waals surface area contributed by atoms with Crippen LogP contribution in [0, 0.1) is 13.8 Å². The van der Waals surface area contributed by atoms with Crippen LogP contribution in [0.25, 0.3) is 22.3 Å². The molecule has 4 aromatic rings. The van der Waals surface area contributed by atoms with Crippen molar-refractivity contribution in [3.05, 3.63) is 79.9 Å². The molecular weight excluding hydrogens is 505 g/mol. The average molecular weight is 528 g/mol. The number of nitrogens with one attached hydrogen (secondary N) is 1. The summed E-state index contributed by atoms with van der Waals surface area (Å²) in [5, 5.41) is 3.48. The number of hydrogen-bond donors (Lipinski definition) is 1. The van der Waals surface area contributed by atoms with Gasteiger partial charge in [-0.3, -0.25) is 9.59 Å². The van der Waals surface area contributed by atoms with Crippen molar-refractivity contribution in [2.45, 2.75) is 13.8 Å². The fourth-order valence-electron chi connectivity index (χ4n) is 3.66. The number of amides is 1. The highest BCUT2D eigenvalue weighted by atomic mass is 35.5. The molecule has 1 heterocycles. The van der Waals surface area contributed by atoms with Crippen LogP contribution < -0.4 is 25.0 Å². The lowest BCUT2D eigenvalue weighted by Gasteiger charge is -2.14. The minimum Gasteiger partial charge on any atom is -0.493 e. The van der Waals surface area contributed by atoms with E-state index in [1.165, 1.54) is 14.2 Å². The molecule has 186 valence electrons. The number of benzene rings is 3. The van der Waals surface area contributed by atoms with Crippen LogP contribution in [0.15, 0.2) is 57.7 Å². The zero-order valence-corrected chi connectivity index (χ0v) is 21.5. The molecule has 0 radical (unpaired) electrons. The second kappa shape index (κ2) is 10.5. The molecule has 0 spiro atoms. The Hall–Kier alpha value is -3.68. The number of hydrogen-bond acceptors (Lipinski definition) is 6. The van der Waals surface area contributed by atoms with Crippen molar-refractivity contribution in [2.75, 3.05) is 26.1 Å². The first-order chi connectivity index (χ1) is 17.2. The second-order valence-corrected chi connectivity index (χ2v) is 8.82. The highest BCUT2D eigenvalue weighted by Gasteiger charge is 2.21. The summed E-state index contributed by atoms with van der Waals surface area (Å²) in [5.41, 5.74) is 2.73. The Bertz CT molecular complexity index is 1530. The molecule has 0 atom stereocenters. The van der Waals surface area contributed by atoms with E-state index in [4.69, 9.17) is 41.8 Å². The average Bonchev–Trinajstić information content (AvgIpc) is 2.87. The van der Waals surface area contributed by atoms with Gasteiger partial charge in [0.25, 0.3) is 5.91 Å². The molecule has 4 rings (SSSR count). The predicted molar refractivity (Wildman–Crippen MR) is 141 cm³/mol. The fraction of sp³-hybridized carbons (Fsp3) is 0.185. The normalized spacial score (nSPS) is 10.8. The zero-order valence-electron chi connectivity index (χ0n) is 20.0. The van der Waals surface area contributed by atoms with E-state index in [-0.39, 0.29) is 16.5 Å². The van der Waals surface area contributed by atoms with Gasteiger partial charge in [0, 0.05) is 5.56 Å². The van der Waals surface area contributed by atoms with E-state index in [2.05, 4.69) is 5.32 Å². The van der Waals surface area contributed by atoms with Gasteiger partial charge in [0.2, 0.25) is 11.2 Å². The maximum atomic E-state index is 13.5. The lowest BCUT2D eigenvalue weighted by Crippen LogP contribution is -2.23. The molecule has 0 saturated carbocycles. The lowest BCUT2D eigenvalue weighted by molar-refractivity contribution is -0.118. The molecule has 7 nitrogen and oxygen atoms in total. The molecule has 3 aromatic carbocycles. The van der Waals surface area contributed by atoms with Crippen molar-refractivity contribution in [3.8, 4) is 28.6 Å². The Morgan fingerprint density at radius 2 is 1.69 bits per heavy atom. The van der Waals surface area contributed by atoms with Gasteiger partial charge in [-0.15, -0.1) is 0 Å². The molecule has 0 aliphatic heterocycles. The van der Waals surface area contributed by atoms with Gasteiger partial charge < -0.3 is 23.9 Å². The highest BCUT2D eigenvalue weighted by Crippen LogP contribution is 2.37. The van der Waals surface area contributed by atoms with E-state index in [1.54, 1.807) is 48.5 Å². The summed E-state index contributed by atoms with van der Waals surface area (Å²) in [6, 6.07) is 13.5. The molecule has 1 N–H and O–H groups in total. The SMILES string of the molecule is COc1ccc(-c2oc3cc(C)c(C)cc3c(=O)c2OCC(=O)Nc2cccc(Cl)c2Cl)cc1OC. The summed E-state index contributed by atoms with van der Waals surface area (Å²) >= 11 is 12.2. The largest absolute Gasteiger partial charge is 0.493 e. The monoisotopic (exact) mass is 527 g/mol. The number of fused-ring (bicyclic) bond motifs is 1. The molecule has 0 bridgehead atoms. The van der Waals surface area contributed by atoms with Crippen molar-refractivity contribution in [1.29, 1.82) is 0 Å². The van der Waals surface area contributed by atoms with E-state index < -0.39 is 17.9 Å². The Kier molecular flexibility index (Phi) is 7.43. The first kappa shape index (κ1) is 25.4. The maximum Gasteiger partial charge on any atom is 0.262 e. The number of aryl methyl sites for hydroxylation is 2. The number of anilines is 1. The first-order valence-corrected chi connectivity index (χ1v) is 11.7. The maximum absolute atomic E-state index is 13.5. The summed E-state index contributed by atoms with van der Waals surface area (Å²) in [4.78, 5) is 26.2. The fourth-order valence-corrected chi connectivity index (χ4v) is 4.00. The molecule has 0 unspecified atom stereocenters. The third kappa shape index (κ3) is 4.98. The number of halogens is 2. The number of carbonyl (C=O) groups is 1. The third-order valence-electron chi connectivity index (χ3n) is 5.68. The van der Waals surface area contributed by atoms with Crippen LogP contribution in [0.5, 0.6) is 17.2 Å². The summed E-state index contributed by atoms with van der Waals surface area (Å²) in [7, 11) is 3.03. The minimum absolute atomic E-state index is 0.106. The number of methoxy groups -OCH3 is 2. The standard InChI is InChI=1S/C27H23Cl2NO6/c1-14-10-17-21(11-15(14)2)36-26(16-8-9-20(33-3)22(12-16)34-4)27(25(17)32)35-13-23(31)30-19-7-5-6-18(28)24(19)29/h5-12H,13H2,1-4H3,(H,30,31). The van der Waals surface area contributed by atoms with Gasteiger partial charge in [-0.2, -0.15) is 0 Å². The van der Waals surface area contributed by atoms with Crippen molar-refractivity contribution < 1.29 is 23.4 Å². The molecule has 1 amide bonds. The summed E-state index contributed by atoms with van der Waals surface area (Å²) < 4.78 is 22.6. The molecule has 0 aliphatic carbocycles. The van der Waals surface area contributed by atoms with Gasteiger partial charge in [-0.05, 0) is 67.4 Å². The molecule has 0 aliphatic rings. The molecular formula is C27H23Cl2NO6. The Balaban J connectivity index is 1.77. The molecule has 0 saturated heterocycles. The van der Waals surface area contributed by atoms with Crippen LogP contribution in [-0.4, -0.2) is 26.7 Å². The van der Waals surface area contributed by atoms with Crippen molar-refractivity contribution in [3.63, 3.8) is 0 Å². The number of ether oxygens (including phenoxy) is 3. The van der Waals surface area contributed by atoms with Gasteiger partial charge >= 0.3 is 0 Å². The zero-order chi connectivity index (χ0) is 26.0. The summed E-state index contributed by atoms with van der Waals surface area (Å²) in [5.74, 6) is 0.473. The van der Waals surface area contributed by atoms with E-state index in [1.807, 2.05) is 13.8 Å². The Morgan fingerprint density at radius 3 is 2.42 bits per heavy atom. The Morgan fingerprint density at radius 1 is 0.972 bits per heavy atom. The minimum atomic E-state index is -0.531. The van der Waals surface area contributed by atoms with Crippen LogP contribution >= 0.6 is 23.2 Å². The van der Waals surface area contributed by atoms with Crippen LogP contribution in [0.2, 0.25) is 10.0 Å². The van der Waals surface area contributed by atoms with Crippen LogP contribution in [0.1, 0.15) is 11.1 Å². The quantitative estimate of drug-likeness (QED) is 0.298. The van der Waals surface area contributed by atoms with E-state index >= 15 is 0 Å². The van der Waals surface area contributed by atoms with Gasteiger partial charge in [0.05, 0.1) is 35.3 Å². The highest BCUT2D eigenvalue weighted by molar-refractivity contribution is 6.44. The Labute approximate surface area is 217 Å². The van der Waals surface area contributed by atoms with Crippen LogP contribution in [0.3, 0.4) is 0 Å². The van der Waals surface area contributed by atoms with Crippen LogP contribution in [0.4, 0.5) is 5.69 Å².